The van der Waals surface area contributed by atoms with Crippen LogP contribution in [0.4, 0.5) is 0 Å². The summed E-state index contributed by atoms with van der Waals surface area (Å²) in [5, 5.41) is 0. The van der Waals surface area contributed by atoms with Gasteiger partial charge in [0, 0.05) is 37.6 Å². The number of imidazole rings is 1. The second-order valence-electron chi connectivity index (χ2n) is 6.05. The van der Waals surface area contributed by atoms with Crippen molar-refractivity contribution in [3.05, 3.63) is 35.8 Å². The quantitative estimate of drug-likeness (QED) is 0.933. The van der Waals surface area contributed by atoms with E-state index >= 15 is 0 Å². The van der Waals surface area contributed by atoms with E-state index in [9.17, 15) is 0 Å². The van der Waals surface area contributed by atoms with E-state index in [1.54, 1.807) is 0 Å². The average molecular weight is 272 g/mol. The topological polar surface area (TPSA) is 46.6 Å². The first-order valence-corrected chi connectivity index (χ1v) is 7.57. The molecule has 1 fully saturated rings. The Morgan fingerprint density at radius 3 is 2.95 bits per heavy atom. The number of rotatable bonds is 3. The summed E-state index contributed by atoms with van der Waals surface area (Å²) >= 11 is 0. The van der Waals surface area contributed by atoms with Crippen molar-refractivity contribution in [3.8, 4) is 0 Å². The highest BCUT2D eigenvalue weighted by molar-refractivity contribution is 5.41. The number of piperidine rings is 1. The zero-order valence-electron chi connectivity index (χ0n) is 12.4. The summed E-state index contributed by atoms with van der Waals surface area (Å²) in [6.07, 6.45) is 8.06. The fourth-order valence-electron chi connectivity index (χ4n) is 3.30. The standard InChI is InChI=1S/C16H24N4/c1-12-6-7-16-18-14(10-19(16)9-12)11-20-13(2)4-3-5-15(20)8-17/h6-7,9-10,13,15H,3-5,8,11,17H2,1-2H3. The van der Waals surface area contributed by atoms with Gasteiger partial charge < -0.3 is 10.1 Å². The van der Waals surface area contributed by atoms with Crippen LogP contribution < -0.4 is 5.73 Å². The molecule has 0 aromatic carbocycles. The highest BCUT2D eigenvalue weighted by Gasteiger charge is 2.27. The van der Waals surface area contributed by atoms with E-state index in [0.717, 1.165) is 24.4 Å². The summed E-state index contributed by atoms with van der Waals surface area (Å²) in [6, 6.07) is 5.30. The third kappa shape index (κ3) is 2.58. The van der Waals surface area contributed by atoms with Crippen molar-refractivity contribution in [2.45, 2.75) is 51.7 Å². The lowest BCUT2D eigenvalue weighted by atomic mass is 9.96. The molecule has 0 radical (unpaired) electrons. The molecule has 2 unspecified atom stereocenters. The van der Waals surface area contributed by atoms with E-state index in [2.05, 4.69) is 47.7 Å². The number of aromatic nitrogens is 2. The van der Waals surface area contributed by atoms with Gasteiger partial charge in [-0.25, -0.2) is 4.98 Å². The lowest BCUT2D eigenvalue weighted by Crippen LogP contribution is -2.48. The lowest BCUT2D eigenvalue weighted by Gasteiger charge is -2.39. The monoisotopic (exact) mass is 272 g/mol. The van der Waals surface area contributed by atoms with Gasteiger partial charge in [-0.15, -0.1) is 0 Å². The summed E-state index contributed by atoms with van der Waals surface area (Å²) in [7, 11) is 0. The fourth-order valence-corrected chi connectivity index (χ4v) is 3.30. The molecule has 0 bridgehead atoms. The molecule has 0 amide bonds. The minimum absolute atomic E-state index is 0.505. The Balaban J connectivity index is 1.83. The predicted molar refractivity (Wildman–Crippen MR) is 81.6 cm³/mol. The third-order valence-corrected chi connectivity index (χ3v) is 4.46. The number of fused-ring (bicyclic) bond motifs is 1. The smallest absolute Gasteiger partial charge is 0.137 e. The zero-order valence-corrected chi connectivity index (χ0v) is 12.4. The van der Waals surface area contributed by atoms with Crippen molar-refractivity contribution in [3.63, 3.8) is 0 Å². The van der Waals surface area contributed by atoms with Crippen LogP contribution in [0.3, 0.4) is 0 Å². The van der Waals surface area contributed by atoms with Gasteiger partial charge in [0.15, 0.2) is 0 Å². The van der Waals surface area contributed by atoms with Crippen molar-refractivity contribution < 1.29 is 0 Å². The number of nitrogens with zero attached hydrogens (tertiary/aromatic N) is 3. The minimum Gasteiger partial charge on any atom is -0.329 e. The molecule has 1 saturated heterocycles. The molecule has 4 heteroatoms. The largest absolute Gasteiger partial charge is 0.329 e. The first-order valence-electron chi connectivity index (χ1n) is 7.57. The summed E-state index contributed by atoms with van der Waals surface area (Å²) in [4.78, 5) is 7.26. The molecule has 3 rings (SSSR count). The van der Waals surface area contributed by atoms with Gasteiger partial charge in [-0.05, 0) is 38.3 Å². The molecule has 2 atom stereocenters. The SMILES string of the molecule is Cc1ccc2nc(CN3C(C)CCCC3CN)cn2c1. The van der Waals surface area contributed by atoms with Gasteiger partial charge in [-0.3, -0.25) is 4.90 Å². The molecule has 20 heavy (non-hydrogen) atoms. The molecule has 0 aliphatic carbocycles. The van der Waals surface area contributed by atoms with E-state index in [1.807, 2.05) is 0 Å². The van der Waals surface area contributed by atoms with Gasteiger partial charge >= 0.3 is 0 Å². The second-order valence-corrected chi connectivity index (χ2v) is 6.05. The molecule has 1 aliphatic heterocycles. The van der Waals surface area contributed by atoms with Gasteiger partial charge in [-0.2, -0.15) is 0 Å². The van der Waals surface area contributed by atoms with Crippen molar-refractivity contribution in [1.29, 1.82) is 0 Å². The maximum Gasteiger partial charge on any atom is 0.137 e. The normalized spacial score (nSPS) is 24.4. The average Bonchev–Trinajstić information content (AvgIpc) is 2.82. The van der Waals surface area contributed by atoms with E-state index in [1.165, 1.54) is 24.8 Å². The van der Waals surface area contributed by atoms with E-state index in [0.29, 0.717) is 12.1 Å². The highest BCUT2D eigenvalue weighted by Crippen LogP contribution is 2.24. The van der Waals surface area contributed by atoms with Crippen LogP contribution in [0.25, 0.3) is 5.65 Å². The summed E-state index contributed by atoms with van der Waals surface area (Å²) in [6.45, 7) is 6.07. The van der Waals surface area contributed by atoms with Crippen LogP contribution in [-0.4, -0.2) is 32.9 Å². The van der Waals surface area contributed by atoms with Crippen molar-refractivity contribution in [1.82, 2.24) is 14.3 Å². The molecule has 3 heterocycles. The predicted octanol–water partition coefficient (Wildman–Crippen LogP) is 2.34. The van der Waals surface area contributed by atoms with Crippen LogP contribution in [-0.2, 0) is 6.54 Å². The van der Waals surface area contributed by atoms with Crippen LogP contribution in [0.2, 0.25) is 0 Å². The highest BCUT2D eigenvalue weighted by atomic mass is 15.2. The minimum atomic E-state index is 0.505. The molecule has 2 N–H and O–H groups in total. The lowest BCUT2D eigenvalue weighted by molar-refractivity contribution is 0.0880. The zero-order chi connectivity index (χ0) is 14.1. The van der Waals surface area contributed by atoms with Gasteiger partial charge in [0.2, 0.25) is 0 Å². The van der Waals surface area contributed by atoms with Crippen LogP contribution in [0.5, 0.6) is 0 Å². The van der Waals surface area contributed by atoms with E-state index in [4.69, 9.17) is 10.7 Å². The Morgan fingerprint density at radius 2 is 2.15 bits per heavy atom. The van der Waals surface area contributed by atoms with Crippen LogP contribution in [0, 0.1) is 6.92 Å². The van der Waals surface area contributed by atoms with Crippen molar-refractivity contribution >= 4 is 5.65 Å². The van der Waals surface area contributed by atoms with E-state index in [-0.39, 0.29) is 0 Å². The summed E-state index contributed by atoms with van der Waals surface area (Å²) in [5.74, 6) is 0. The maximum atomic E-state index is 5.94. The van der Waals surface area contributed by atoms with Crippen LogP contribution in [0.15, 0.2) is 24.5 Å². The van der Waals surface area contributed by atoms with Gasteiger partial charge in [0.25, 0.3) is 0 Å². The molecular weight excluding hydrogens is 248 g/mol. The summed E-state index contributed by atoms with van der Waals surface area (Å²) < 4.78 is 2.12. The Bertz CT molecular complexity index is 589. The Kier molecular flexibility index (Phi) is 3.76. The van der Waals surface area contributed by atoms with Gasteiger partial charge in [-0.1, -0.05) is 12.5 Å². The number of hydrogen-bond donors (Lipinski definition) is 1. The molecule has 0 saturated carbocycles. The first kappa shape index (κ1) is 13.6. The molecule has 108 valence electrons. The third-order valence-electron chi connectivity index (χ3n) is 4.46. The fraction of sp³-hybridized carbons (Fsp3) is 0.562. The van der Waals surface area contributed by atoms with Crippen molar-refractivity contribution in [2.75, 3.05) is 6.54 Å². The number of likely N-dealkylation sites (tertiary alicyclic amines) is 1. The number of pyridine rings is 1. The molecule has 1 aliphatic rings. The molecule has 0 spiro atoms. The number of hydrogen-bond acceptors (Lipinski definition) is 3. The van der Waals surface area contributed by atoms with E-state index < -0.39 is 0 Å². The Hall–Kier alpha value is -1.39. The molecule has 2 aromatic rings. The number of nitrogens with two attached hydrogens (primary N) is 1. The maximum absolute atomic E-state index is 5.94. The Labute approximate surface area is 120 Å². The van der Waals surface area contributed by atoms with Gasteiger partial charge in [0.05, 0.1) is 5.69 Å². The number of aryl methyl sites for hydroxylation is 1. The second kappa shape index (κ2) is 5.54. The van der Waals surface area contributed by atoms with Gasteiger partial charge in [0.1, 0.15) is 5.65 Å². The molecular formula is C16H24N4. The molecule has 4 nitrogen and oxygen atoms in total. The molecule has 2 aromatic heterocycles. The Morgan fingerprint density at radius 1 is 1.30 bits per heavy atom. The summed E-state index contributed by atoms with van der Waals surface area (Å²) in [5.41, 5.74) is 9.36. The van der Waals surface area contributed by atoms with Crippen molar-refractivity contribution in [2.24, 2.45) is 5.73 Å². The van der Waals surface area contributed by atoms with Crippen LogP contribution >= 0.6 is 0 Å². The first-order chi connectivity index (χ1) is 9.67. The van der Waals surface area contributed by atoms with Crippen LogP contribution in [0.1, 0.15) is 37.4 Å².